The lowest BCUT2D eigenvalue weighted by molar-refractivity contribution is 0.216. The fourth-order valence-electron chi connectivity index (χ4n) is 1.61. The molecule has 0 aliphatic rings. The Morgan fingerprint density at radius 2 is 1.70 bits per heavy atom. The number of benzene rings is 2. The first-order chi connectivity index (χ1) is 9.69. The van der Waals surface area contributed by atoms with Gasteiger partial charge < -0.3 is 9.47 Å². The standard InChI is InChI=1S/C15H13Br3O2/c16-10-11-4-5-15(14(18)8-11)20-7-6-19-13-3-1-2-12(17)9-13/h1-5,8-9H,6-7,10H2. The molecule has 0 N–H and O–H groups in total. The number of alkyl halides is 1. The first-order valence-corrected chi connectivity index (χ1v) is 8.75. The van der Waals surface area contributed by atoms with E-state index in [-0.39, 0.29) is 0 Å². The third-order valence-electron chi connectivity index (χ3n) is 2.56. The van der Waals surface area contributed by atoms with Gasteiger partial charge in [-0.15, -0.1) is 0 Å². The summed E-state index contributed by atoms with van der Waals surface area (Å²) >= 11 is 10.3. The van der Waals surface area contributed by atoms with Gasteiger partial charge in [0.2, 0.25) is 0 Å². The van der Waals surface area contributed by atoms with E-state index in [1.807, 2.05) is 42.5 Å². The van der Waals surface area contributed by atoms with Gasteiger partial charge in [0.25, 0.3) is 0 Å². The van der Waals surface area contributed by atoms with Gasteiger partial charge in [0, 0.05) is 9.80 Å². The predicted octanol–water partition coefficient (Wildman–Crippen LogP) is 5.56. The summed E-state index contributed by atoms with van der Waals surface area (Å²) in [5.41, 5.74) is 1.20. The molecule has 0 spiro atoms. The van der Waals surface area contributed by atoms with Crippen molar-refractivity contribution in [3.63, 3.8) is 0 Å². The summed E-state index contributed by atoms with van der Waals surface area (Å²) in [6, 6.07) is 13.8. The van der Waals surface area contributed by atoms with Crippen LogP contribution in [0.5, 0.6) is 11.5 Å². The second-order valence-electron chi connectivity index (χ2n) is 4.05. The minimum absolute atomic E-state index is 0.499. The van der Waals surface area contributed by atoms with Crippen LogP contribution < -0.4 is 9.47 Å². The average molecular weight is 465 g/mol. The molecule has 0 atom stereocenters. The summed E-state index contributed by atoms with van der Waals surface area (Å²) < 4.78 is 13.3. The SMILES string of the molecule is BrCc1ccc(OCCOc2cccc(Br)c2)c(Br)c1. The highest BCUT2D eigenvalue weighted by Crippen LogP contribution is 2.26. The molecule has 0 heterocycles. The van der Waals surface area contributed by atoms with E-state index in [0.29, 0.717) is 13.2 Å². The molecule has 20 heavy (non-hydrogen) atoms. The van der Waals surface area contributed by atoms with E-state index >= 15 is 0 Å². The van der Waals surface area contributed by atoms with Crippen LogP contribution >= 0.6 is 47.8 Å². The van der Waals surface area contributed by atoms with Gasteiger partial charge in [0.05, 0.1) is 4.47 Å². The Balaban J connectivity index is 1.81. The van der Waals surface area contributed by atoms with Crippen LogP contribution in [-0.4, -0.2) is 13.2 Å². The molecule has 106 valence electrons. The predicted molar refractivity (Wildman–Crippen MR) is 91.9 cm³/mol. The van der Waals surface area contributed by atoms with Gasteiger partial charge >= 0.3 is 0 Å². The minimum atomic E-state index is 0.499. The smallest absolute Gasteiger partial charge is 0.133 e. The van der Waals surface area contributed by atoms with Crippen molar-refractivity contribution in [3.05, 3.63) is 57.0 Å². The Kier molecular flexibility index (Phi) is 6.39. The number of hydrogen-bond donors (Lipinski definition) is 0. The maximum absolute atomic E-state index is 5.69. The molecule has 0 amide bonds. The van der Waals surface area contributed by atoms with Crippen LogP contribution in [0, 0.1) is 0 Å². The van der Waals surface area contributed by atoms with E-state index in [4.69, 9.17) is 9.47 Å². The fraction of sp³-hybridized carbons (Fsp3) is 0.200. The molecule has 0 aliphatic heterocycles. The zero-order chi connectivity index (χ0) is 14.4. The monoisotopic (exact) mass is 462 g/mol. The normalized spacial score (nSPS) is 10.3. The molecule has 0 radical (unpaired) electrons. The van der Waals surface area contributed by atoms with E-state index in [1.165, 1.54) is 5.56 Å². The van der Waals surface area contributed by atoms with Gasteiger partial charge in [-0.1, -0.05) is 44.0 Å². The Morgan fingerprint density at radius 1 is 0.900 bits per heavy atom. The molecule has 0 fully saturated rings. The molecular formula is C15H13Br3O2. The van der Waals surface area contributed by atoms with Gasteiger partial charge in [-0.05, 0) is 51.8 Å². The summed E-state index contributed by atoms with van der Waals surface area (Å²) in [6.45, 7) is 1.00. The molecule has 2 aromatic carbocycles. The molecule has 2 nitrogen and oxygen atoms in total. The summed E-state index contributed by atoms with van der Waals surface area (Å²) in [7, 11) is 0. The maximum atomic E-state index is 5.69. The van der Waals surface area contributed by atoms with Crippen molar-refractivity contribution < 1.29 is 9.47 Å². The minimum Gasteiger partial charge on any atom is -0.490 e. The lowest BCUT2D eigenvalue weighted by Gasteiger charge is -2.10. The van der Waals surface area contributed by atoms with Crippen molar-refractivity contribution in [3.8, 4) is 11.5 Å². The van der Waals surface area contributed by atoms with Crippen LogP contribution in [0.25, 0.3) is 0 Å². The van der Waals surface area contributed by atoms with Crippen molar-refractivity contribution in [2.75, 3.05) is 13.2 Å². The zero-order valence-electron chi connectivity index (χ0n) is 10.6. The van der Waals surface area contributed by atoms with E-state index in [9.17, 15) is 0 Å². The third-order valence-corrected chi connectivity index (χ3v) is 4.32. The fourth-order valence-corrected chi connectivity index (χ4v) is 2.88. The lowest BCUT2D eigenvalue weighted by atomic mass is 10.2. The molecule has 0 bridgehead atoms. The van der Waals surface area contributed by atoms with Crippen molar-refractivity contribution in [1.82, 2.24) is 0 Å². The number of hydrogen-bond acceptors (Lipinski definition) is 2. The Bertz CT molecular complexity index is 573. The lowest BCUT2D eigenvalue weighted by Crippen LogP contribution is -2.09. The molecule has 0 aromatic heterocycles. The number of halogens is 3. The van der Waals surface area contributed by atoms with Crippen LogP contribution in [0.15, 0.2) is 51.4 Å². The average Bonchev–Trinajstić information content (AvgIpc) is 2.45. The Labute approximate surface area is 143 Å². The molecule has 5 heteroatoms. The molecule has 2 aromatic rings. The topological polar surface area (TPSA) is 18.5 Å². The van der Waals surface area contributed by atoms with Crippen LogP contribution in [0.3, 0.4) is 0 Å². The quantitative estimate of drug-likeness (QED) is 0.411. The van der Waals surface area contributed by atoms with E-state index in [2.05, 4.69) is 47.8 Å². The van der Waals surface area contributed by atoms with E-state index in [1.54, 1.807) is 0 Å². The van der Waals surface area contributed by atoms with Gasteiger partial charge in [-0.25, -0.2) is 0 Å². The zero-order valence-corrected chi connectivity index (χ0v) is 15.4. The summed E-state index contributed by atoms with van der Waals surface area (Å²) in [5, 5.41) is 0.831. The van der Waals surface area contributed by atoms with Gasteiger partial charge in [-0.2, -0.15) is 0 Å². The second kappa shape index (κ2) is 8.05. The molecule has 0 saturated heterocycles. The second-order valence-corrected chi connectivity index (χ2v) is 6.38. The van der Waals surface area contributed by atoms with E-state index < -0.39 is 0 Å². The number of rotatable bonds is 6. The Hall–Kier alpha value is -0.520. The highest BCUT2D eigenvalue weighted by atomic mass is 79.9. The number of ether oxygens (including phenoxy) is 2. The molecule has 0 unspecified atom stereocenters. The highest BCUT2D eigenvalue weighted by molar-refractivity contribution is 9.11. The third kappa shape index (κ3) is 4.79. The molecule has 2 rings (SSSR count). The van der Waals surface area contributed by atoms with Crippen molar-refractivity contribution in [2.45, 2.75) is 5.33 Å². The first kappa shape index (κ1) is 15.9. The summed E-state index contributed by atoms with van der Waals surface area (Å²) in [6.07, 6.45) is 0. The van der Waals surface area contributed by atoms with Crippen molar-refractivity contribution in [1.29, 1.82) is 0 Å². The summed E-state index contributed by atoms with van der Waals surface area (Å²) in [5.74, 6) is 1.66. The van der Waals surface area contributed by atoms with Crippen LogP contribution in [0.1, 0.15) is 5.56 Å². The van der Waals surface area contributed by atoms with Gasteiger partial charge in [0.1, 0.15) is 24.7 Å². The van der Waals surface area contributed by atoms with Gasteiger partial charge in [-0.3, -0.25) is 0 Å². The molecular weight excluding hydrogens is 452 g/mol. The van der Waals surface area contributed by atoms with Crippen molar-refractivity contribution >= 4 is 47.8 Å². The van der Waals surface area contributed by atoms with Gasteiger partial charge in [0.15, 0.2) is 0 Å². The molecule has 0 saturated carbocycles. The summed E-state index contributed by atoms with van der Waals surface area (Å²) in [4.78, 5) is 0. The van der Waals surface area contributed by atoms with Crippen LogP contribution in [0.2, 0.25) is 0 Å². The van der Waals surface area contributed by atoms with E-state index in [0.717, 1.165) is 25.8 Å². The highest BCUT2D eigenvalue weighted by Gasteiger charge is 2.02. The van der Waals surface area contributed by atoms with Crippen LogP contribution in [-0.2, 0) is 5.33 Å². The largest absolute Gasteiger partial charge is 0.490 e. The van der Waals surface area contributed by atoms with Crippen molar-refractivity contribution in [2.24, 2.45) is 0 Å². The molecule has 0 aliphatic carbocycles. The maximum Gasteiger partial charge on any atom is 0.133 e. The van der Waals surface area contributed by atoms with Crippen LogP contribution in [0.4, 0.5) is 0 Å². The first-order valence-electron chi connectivity index (χ1n) is 6.04. The Morgan fingerprint density at radius 3 is 2.40 bits per heavy atom.